The van der Waals surface area contributed by atoms with E-state index >= 15 is 0 Å². The van der Waals surface area contributed by atoms with Crippen LogP contribution in [0, 0.1) is 0 Å². The number of aromatic nitrogens is 2. The van der Waals surface area contributed by atoms with Gasteiger partial charge in [0, 0.05) is 20.4 Å². The molecule has 1 heterocycles. The first-order chi connectivity index (χ1) is 16.2. The Balaban J connectivity index is 2.14. The van der Waals surface area contributed by atoms with Crippen molar-refractivity contribution in [2.45, 2.75) is 39.7 Å². The fourth-order valence-corrected chi connectivity index (χ4v) is 4.03. The molecule has 8 nitrogen and oxygen atoms in total. The van der Waals surface area contributed by atoms with E-state index in [1.54, 1.807) is 38.1 Å². The summed E-state index contributed by atoms with van der Waals surface area (Å²) >= 11 is 6.86. The monoisotopic (exact) mass is 593 g/mol. The molecular weight excluding hydrogens is 570 g/mol. The molecule has 0 aliphatic heterocycles. The van der Waals surface area contributed by atoms with Gasteiger partial charge in [-0.25, -0.2) is 9.78 Å². The van der Waals surface area contributed by atoms with Crippen LogP contribution in [-0.4, -0.2) is 41.7 Å². The van der Waals surface area contributed by atoms with Crippen molar-refractivity contribution in [1.82, 2.24) is 9.66 Å². The van der Waals surface area contributed by atoms with Crippen molar-refractivity contribution in [1.29, 1.82) is 0 Å². The van der Waals surface area contributed by atoms with Crippen molar-refractivity contribution in [3.63, 3.8) is 0 Å². The summed E-state index contributed by atoms with van der Waals surface area (Å²) in [4.78, 5) is 30.1. The van der Waals surface area contributed by atoms with E-state index in [1.165, 1.54) is 18.0 Å². The standard InChI is InChI=1S/C24H25Br2N3O5/c1-6-33-24(31)14(4)34-21-15(9-17(26)11-20(21)32-5)12-27-29-22(13(2)3)28-19-8-7-16(25)10-18(19)23(29)30/h7-14H,6H2,1-5H3/t14-/m1/s1. The summed E-state index contributed by atoms with van der Waals surface area (Å²) in [6.45, 7) is 7.44. The number of esters is 1. The predicted molar refractivity (Wildman–Crippen MR) is 138 cm³/mol. The number of carbonyl (C=O) groups is 1. The van der Waals surface area contributed by atoms with Crippen LogP contribution in [0.1, 0.15) is 45.0 Å². The Labute approximate surface area is 214 Å². The third-order valence-electron chi connectivity index (χ3n) is 4.84. The van der Waals surface area contributed by atoms with E-state index in [0.717, 1.165) is 4.47 Å². The molecule has 180 valence electrons. The molecule has 0 fully saturated rings. The lowest BCUT2D eigenvalue weighted by molar-refractivity contribution is -0.150. The van der Waals surface area contributed by atoms with Crippen LogP contribution >= 0.6 is 31.9 Å². The van der Waals surface area contributed by atoms with Gasteiger partial charge in [0.2, 0.25) is 0 Å². The molecule has 1 aromatic heterocycles. The molecule has 0 bridgehead atoms. The second-order valence-electron chi connectivity index (χ2n) is 7.69. The van der Waals surface area contributed by atoms with Crippen molar-refractivity contribution >= 4 is 54.9 Å². The van der Waals surface area contributed by atoms with Gasteiger partial charge in [0.1, 0.15) is 5.82 Å². The van der Waals surface area contributed by atoms with Crippen molar-refractivity contribution < 1.29 is 19.0 Å². The van der Waals surface area contributed by atoms with Gasteiger partial charge in [-0.3, -0.25) is 4.79 Å². The third-order valence-corrected chi connectivity index (χ3v) is 5.79. The lowest BCUT2D eigenvalue weighted by Gasteiger charge is -2.18. The SMILES string of the molecule is CCOC(=O)[C@@H](C)Oc1c(C=Nn2c(C(C)C)nc3ccc(Br)cc3c2=O)cc(Br)cc1OC. The van der Waals surface area contributed by atoms with Crippen LogP contribution in [0.5, 0.6) is 11.5 Å². The number of halogens is 2. The first-order valence-corrected chi connectivity index (χ1v) is 12.2. The highest BCUT2D eigenvalue weighted by Gasteiger charge is 2.21. The van der Waals surface area contributed by atoms with Crippen LogP contribution in [0.4, 0.5) is 0 Å². The van der Waals surface area contributed by atoms with E-state index < -0.39 is 12.1 Å². The normalized spacial score (nSPS) is 12.4. The third kappa shape index (κ3) is 5.67. The summed E-state index contributed by atoms with van der Waals surface area (Å²) in [5.74, 6) is 0.641. The van der Waals surface area contributed by atoms with Gasteiger partial charge >= 0.3 is 5.97 Å². The quantitative estimate of drug-likeness (QED) is 0.261. The van der Waals surface area contributed by atoms with E-state index in [1.807, 2.05) is 19.9 Å². The van der Waals surface area contributed by atoms with Gasteiger partial charge in [-0.15, -0.1) is 0 Å². The van der Waals surface area contributed by atoms with Gasteiger partial charge in [0.05, 0.1) is 30.8 Å². The average Bonchev–Trinajstić information content (AvgIpc) is 2.79. The molecule has 34 heavy (non-hydrogen) atoms. The van der Waals surface area contributed by atoms with Crippen LogP contribution in [-0.2, 0) is 9.53 Å². The van der Waals surface area contributed by atoms with Crippen LogP contribution < -0.4 is 15.0 Å². The lowest BCUT2D eigenvalue weighted by Crippen LogP contribution is -2.27. The van der Waals surface area contributed by atoms with E-state index in [4.69, 9.17) is 14.2 Å². The predicted octanol–water partition coefficient (Wildman–Crippen LogP) is 5.27. The minimum atomic E-state index is -0.879. The molecule has 0 radical (unpaired) electrons. The number of hydrogen-bond acceptors (Lipinski definition) is 7. The van der Waals surface area contributed by atoms with E-state index in [9.17, 15) is 9.59 Å². The van der Waals surface area contributed by atoms with Crippen LogP contribution in [0.3, 0.4) is 0 Å². The van der Waals surface area contributed by atoms with E-state index in [0.29, 0.717) is 38.3 Å². The molecule has 3 rings (SSSR count). The molecular formula is C24H25Br2N3O5. The van der Waals surface area contributed by atoms with Gasteiger partial charge in [-0.2, -0.15) is 9.78 Å². The molecule has 0 amide bonds. The summed E-state index contributed by atoms with van der Waals surface area (Å²) in [7, 11) is 1.50. The molecule has 0 saturated carbocycles. The van der Waals surface area contributed by atoms with E-state index in [-0.39, 0.29) is 18.1 Å². The van der Waals surface area contributed by atoms with Crippen molar-refractivity contribution in [3.05, 3.63) is 61.0 Å². The van der Waals surface area contributed by atoms with Crippen molar-refractivity contribution in [3.8, 4) is 11.5 Å². The number of rotatable bonds is 8. The van der Waals surface area contributed by atoms with Gasteiger partial charge in [-0.05, 0) is 44.2 Å². The summed E-state index contributed by atoms with van der Waals surface area (Å²) in [6.07, 6.45) is 0.607. The van der Waals surface area contributed by atoms with Gasteiger partial charge in [0.15, 0.2) is 17.6 Å². The van der Waals surface area contributed by atoms with Gasteiger partial charge in [-0.1, -0.05) is 45.7 Å². The Morgan fingerprint density at radius 2 is 1.91 bits per heavy atom. The molecule has 3 aromatic rings. The van der Waals surface area contributed by atoms with Crippen LogP contribution in [0.2, 0.25) is 0 Å². The number of ether oxygens (including phenoxy) is 3. The lowest BCUT2D eigenvalue weighted by atomic mass is 10.2. The zero-order valence-corrected chi connectivity index (χ0v) is 22.6. The average molecular weight is 595 g/mol. The van der Waals surface area contributed by atoms with Crippen molar-refractivity contribution in [2.75, 3.05) is 13.7 Å². The zero-order chi connectivity index (χ0) is 25.0. The molecule has 0 N–H and O–H groups in total. The minimum absolute atomic E-state index is 0.0606. The highest BCUT2D eigenvalue weighted by molar-refractivity contribution is 9.10. The highest BCUT2D eigenvalue weighted by atomic mass is 79.9. The van der Waals surface area contributed by atoms with E-state index in [2.05, 4.69) is 41.9 Å². The Morgan fingerprint density at radius 3 is 2.56 bits per heavy atom. The summed E-state index contributed by atoms with van der Waals surface area (Å²) in [6, 6.07) is 8.82. The number of methoxy groups -OCH3 is 1. The number of hydrogen-bond donors (Lipinski definition) is 0. The maximum atomic E-state index is 13.3. The summed E-state index contributed by atoms with van der Waals surface area (Å²) < 4.78 is 19.2. The highest BCUT2D eigenvalue weighted by Crippen LogP contribution is 2.35. The molecule has 1 atom stereocenters. The Bertz CT molecular complexity index is 1300. The van der Waals surface area contributed by atoms with Crippen LogP contribution in [0.15, 0.2) is 49.2 Å². The maximum absolute atomic E-state index is 13.3. The smallest absolute Gasteiger partial charge is 0.347 e. The fraction of sp³-hybridized carbons (Fsp3) is 0.333. The molecule has 0 aliphatic rings. The van der Waals surface area contributed by atoms with Gasteiger partial charge < -0.3 is 14.2 Å². The zero-order valence-electron chi connectivity index (χ0n) is 19.5. The number of carbonyl (C=O) groups excluding carboxylic acids is 1. The molecule has 0 saturated heterocycles. The second-order valence-corrected chi connectivity index (χ2v) is 9.52. The molecule has 0 unspecified atom stereocenters. The Kier molecular flexibility index (Phi) is 8.48. The van der Waals surface area contributed by atoms with Crippen molar-refractivity contribution in [2.24, 2.45) is 5.10 Å². The van der Waals surface area contributed by atoms with Crippen LogP contribution in [0.25, 0.3) is 10.9 Å². The second kappa shape index (κ2) is 11.1. The number of fused-ring (bicyclic) bond motifs is 1. The summed E-state index contributed by atoms with van der Waals surface area (Å²) in [5.41, 5.74) is 0.800. The largest absolute Gasteiger partial charge is 0.493 e. The molecule has 0 aliphatic carbocycles. The first-order valence-electron chi connectivity index (χ1n) is 10.6. The molecule has 0 spiro atoms. The number of nitrogens with zero attached hydrogens (tertiary/aromatic N) is 3. The Hall–Kier alpha value is -2.72. The maximum Gasteiger partial charge on any atom is 0.347 e. The molecule has 2 aromatic carbocycles. The van der Waals surface area contributed by atoms with Gasteiger partial charge in [0.25, 0.3) is 5.56 Å². The Morgan fingerprint density at radius 1 is 1.18 bits per heavy atom. The topological polar surface area (TPSA) is 92.0 Å². The minimum Gasteiger partial charge on any atom is -0.493 e. The molecule has 10 heteroatoms. The number of benzene rings is 2. The first kappa shape index (κ1) is 25.9. The fourth-order valence-electron chi connectivity index (χ4n) is 3.22. The summed E-state index contributed by atoms with van der Waals surface area (Å²) in [5, 5.41) is 4.91.